The zero-order chi connectivity index (χ0) is 18.9. The molecule has 0 atom stereocenters. The standard InChI is InChI=1S/C18H16F3N3O2/c1-10-12(8-9-15(22-10)18(19,20)21)16(25)24-14-5-3-2-4-13(14)17(26)23-11-6-7-11/h2-5,8-9,11H,6-7H2,1H3,(H,23,26)(H,24,25). The van der Waals surface area contributed by atoms with Gasteiger partial charge in [-0.2, -0.15) is 13.2 Å². The smallest absolute Gasteiger partial charge is 0.349 e. The van der Waals surface area contributed by atoms with Gasteiger partial charge in [-0.1, -0.05) is 12.1 Å². The predicted octanol–water partition coefficient (Wildman–Crippen LogP) is 3.55. The van der Waals surface area contributed by atoms with Crippen molar-refractivity contribution < 1.29 is 22.8 Å². The van der Waals surface area contributed by atoms with Crippen molar-refractivity contribution in [2.24, 2.45) is 0 Å². The predicted molar refractivity (Wildman–Crippen MR) is 88.9 cm³/mol. The molecule has 1 aromatic carbocycles. The van der Waals surface area contributed by atoms with Gasteiger partial charge in [-0.3, -0.25) is 9.59 Å². The van der Waals surface area contributed by atoms with Crippen LogP contribution in [0.2, 0.25) is 0 Å². The van der Waals surface area contributed by atoms with Crippen molar-refractivity contribution in [2.75, 3.05) is 5.32 Å². The number of nitrogens with zero attached hydrogens (tertiary/aromatic N) is 1. The summed E-state index contributed by atoms with van der Waals surface area (Å²) in [6.07, 6.45) is -2.72. The second-order valence-corrected chi connectivity index (χ2v) is 6.07. The summed E-state index contributed by atoms with van der Waals surface area (Å²) in [5, 5.41) is 5.41. The van der Waals surface area contributed by atoms with Crippen LogP contribution in [0.25, 0.3) is 0 Å². The number of benzene rings is 1. The maximum absolute atomic E-state index is 12.7. The number of pyridine rings is 1. The molecule has 3 rings (SSSR count). The lowest BCUT2D eigenvalue weighted by Gasteiger charge is -2.13. The molecule has 1 aliphatic rings. The molecule has 1 aliphatic carbocycles. The second kappa shape index (κ2) is 6.78. The summed E-state index contributed by atoms with van der Waals surface area (Å²) in [5.74, 6) is -0.930. The van der Waals surface area contributed by atoms with Crippen LogP contribution in [0.4, 0.5) is 18.9 Å². The molecule has 136 valence electrons. The van der Waals surface area contributed by atoms with Gasteiger partial charge in [0.05, 0.1) is 22.5 Å². The maximum atomic E-state index is 12.7. The second-order valence-electron chi connectivity index (χ2n) is 6.07. The molecular weight excluding hydrogens is 347 g/mol. The Labute approximate surface area is 147 Å². The molecule has 26 heavy (non-hydrogen) atoms. The van der Waals surface area contributed by atoms with Gasteiger partial charge in [0.2, 0.25) is 0 Å². The van der Waals surface area contributed by atoms with Gasteiger partial charge in [0.1, 0.15) is 5.69 Å². The highest BCUT2D eigenvalue weighted by atomic mass is 19.4. The van der Waals surface area contributed by atoms with Crippen molar-refractivity contribution in [3.05, 3.63) is 58.9 Å². The van der Waals surface area contributed by atoms with E-state index in [0.29, 0.717) is 5.56 Å². The lowest BCUT2D eigenvalue weighted by Crippen LogP contribution is -2.27. The van der Waals surface area contributed by atoms with Gasteiger partial charge in [0.15, 0.2) is 0 Å². The van der Waals surface area contributed by atoms with Gasteiger partial charge in [-0.25, -0.2) is 4.98 Å². The molecule has 1 saturated carbocycles. The summed E-state index contributed by atoms with van der Waals surface area (Å²) in [6.45, 7) is 1.33. The monoisotopic (exact) mass is 363 g/mol. The molecule has 8 heteroatoms. The van der Waals surface area contributed by atoms with Crippen molar-refractivity contribution in [1.29, 1.82) is 0 Å². The van der Waals surface area contributed by atoms with E-state index in [-0.39, 0.29) is 28.9 Å². The largest absolute Gasteiger partial charge is 0.433 e. The van der Waals surface area contributed by atoms with E-state index >= 15 is 0 Å². The highest BCUT2D eigenvalue weighted by Gasteiger charge is 2.33. The molecule has 5 nitrogen and oxygen atoms in total. The number of para-hydroxylation sites is 1. The fraction of sp³-hybridized carbons (Fsp3) is 0.278. The van der Waals surface area contributed by atoms with Crippen LogP contribution in [0.5, 0.6) is 0 Å². The average molecular weight is 363 g/mol. The molecule has 0 saturated heterocycles. The number of carbonyl (C=O) groups is 2. The van der Waals surface area contributed by atoms with Crippen LogP contribution >= 0.6 is 0 Å². The van der Waals surface area contributed by atoms with E-state index < -0.39 is 17.8 Å². The van der Waals surface area contributed by atoms with Crippen LogP contribution in [-0.4, -0.2) is 22.8 Å². The van der Waals surface area contributed by atoms with E-state index in [2.05, 4.69) is 15.6 Å². The molecule has 0 unspecified atom stereocenters. The number of amides is 2. The Bertz CT molecular complexity index is 861. The molecule has 2 amide bonds. The number of carbonyl (C=O) groups excluding carboxylic acids is 2. The van der Waals surface area contributed by atoms with Gasteiger partial charge < -0.3 is 10.6 Å². The summed E-state index contributed by atoms with van der Waals surface area (Å²) in [5.41, 5.74) is -0.511. The Balaban J connectivity index is 1.81. The molecule has 0 aliphatic heterocycles. The van der Waals surface area contributed by atoms with Crippen molar-refractivity contribution in [3.8, 4) is 0 Å². The first kappa shape index (κ1) is 17.9. The minimum atomic E-state index is -4.58. The van der Waals surface area contributed by atoms with E-state index in [1.54, 1.807) is 24.3 Å². The Morgan fingerprint density at radius 2 is 1.73 bits per heavy atom. The summed E-state index contributed by atoms with van der Waals surface area (Å²) in [4.78, 5) is 28.1. The number of halogens is 3. The van der Waals surface area contributed by atoms with E-state index in [0.717, 1.165) is 25.0 Å². The summed E-state index contributed by atoms with van der Waals surface area (Å²) in [7, 11) is 0. The third-order valence-corrected chi connectivity index (χ3v) is 3.95. The number of alkyl halides is 3. The molecular formula is C18H16F3N3O2. The van der Waals surface area contributed by atoms with Crippen molar-refractivity contribution in [1.82, 2.24) is 10.3 Å². The average Bonchev–Trinajstić information content (AvgIpc) is 3.38. The Morgan fingerprint density at radius 3 is 2.35 bits per heavy atom. The van der Waals surface area contributed by atoms with Crippen LogP contribution in [0.1, 0.15) is 44.9 Å². The first-order chi connectivity index (χ1) is 12.3. The quantitative estimate of drug-likeness (QED) is 0.873. The number of hydrogen-bond acceptors (Lipinski definition) is 3. The number of aromatic nitrogens is 1. The third kappa shape index (κ3) is 4.01. The van der Waals surface area contributed by atoms with Gasteiger partial charge in [0.25, 0.3) is 11.8 Å². The molecule has 1 fully saturated rings. The summed E-state index contributed by atoms with van der Waals surface area (Å²) < 4.78 is 38.1. The number of anilines is 1. The summed E-state index contributed by atoms with van der Waals surface area (Å²) >= 11 is 0. The Morgan fingerprint density at radius 1 is 1.04 bits per heavy atom. The minimum Gasteiger partial charge on any atom is -0.349 e. The normalized spacial score (nSPS) is 14.0. The number of nitrogens with one attached hydrogen (secondary N) is 2. The SMILES string of the molecule is Cc1nc(C(F)(F)F)ccc1C(=O)Nc1ccccc1C(=O)NC1CC1. The molecule has 0 bridgehead atoms. The number of aryl methyl sites for hydroxylation is 1. The van der Waals surface area contributed by atoms with Gasteiger partial charge in [-0.15, -0.1) is 0 Å². The third-order valence-electron chi connectivity index (χ3n) is 3.95. The Hall–Kier alpha value is -2.90. The van der Waals surface area contributed by atoms with Crippen LogP contribution < -0.4 is 10.6 Å². The van der Waals surface area contributed by atoms with Crippen molar-refractivity contribution in [2.45, 2.75) is 32.0 Å². The van der Waals surface area contributed by atoms with Crippen LogP contribution in [0.3, 0.4) is 0 Å². The zero-order valence-electron chi connectivity index (χ0n) is 13.9. The van der Waals surface area contributed by atoms with Gasteiger partial charge >= 0.3 is 6.18 Å². The topological polar surface area (TPSA) is 71.1 Å². The fourth-order valence-electron chi connectivity index (χ4n) is 2.43. The lowest BCUT2D eigenvalue weighted by atomic mass is 10.1. The van der Waals surface area contributed by atoms with Crippen LogP contribution in [0.15, 0.2) is 36.4 Å². The van der Waals surface area contributed by atoms with E-state index in [4.69, 9.17) is 0 Å². The van der Waals surface area contributed by atoms with E-state index in [9.17, 15) is 22.8 Å². The fourth-order valence-corrected chi connectivity index (χ4v) is 2.43. The molecule has 1 aromatic heterocycles. The van der Waals surface area contributed by atoms with Crippen molar-refractivity contribution >= 4 is 17.5 Å². The highest BCUT2D eigenvalue weighted by Crippen LogP contribution is 2.28. The molecule has 0 spiro atoms. The van der Waals surface area contributed by atoms with Crippen LogP contribution in [0, 0.1) is 6.92 Å². The van der Waals surface area contributed by atoms with Gasteiger partial charge in [-0.05, 0) is 44.0 Å². The number of hydrogen-bond donors (Lipinski definition) is 2. The van der Waals surface area contributed by atoms with Crippen LogP contribution in [-0.2, 0) is 6.18 Å². The molecule has 2 aromatic rings. The lowest BCUT2D eigenvalue weighted by molar-refractivity contribution is -0.141. The zero-order valence-corrected chi connectivity index (χ0v) is 13.9. The van der Waals surface area contributed by atoms with Gasteiger partial charge in [0, 0.05) is 6.04 Å². The molecule has 0 radical (unpaired) electrons. The highest BCUT2D eigenvalue weighted by molar-refractivity contribution is 6.09. The molecule has 2 N–H and O–H groups in total. The first-order valence-corrected chi connectivity index (χ1v) is 8.02. The number of rotatable bonds is 4. The minimum absolute atomic E-state index is 0.00963. The van der Waals surface area contributed by atoms with E-state index in [1.165, 1.54) is 6.92 Å². The first-order valence-electron chi connectivity index (χ1n) is 8.02. The molecule has 1 heterocycles. The Kier molecular flexibility index (Phi) is 4.67. The van der Waals surface area contributed by atoms with E-state index in [1.807, 2.05) is 0 Å². The summed E-state index contributed by atoms with van der Waals surface area (Å²) in [6, 6.07) is 8.45. The maximum Gasteiger partial charge on any atom is 0.433 e. The van der Waals surface area contributed by atoms with Crippen molar-refractivity contribution in [3.63, 3.8) is 0 Å².